The molecule has 0 aliphatic heterocycles. The van der Waals surface area contributed by atoms with Crippen LogP contribution in [0.25, 0.3) is 5.57 Å². The van der Waals surface area contributed by atoms with E-state index < -0.39 is 29.4 Å². The van der Waals surface area contributed by atoms with E-state index in [2.05, 4.69) is 16.5 Å². The van der Waals surface area contributed by atoms with Gasteiger partial charge in [0.25, 0.3) is 0 Å². The first-order chi connectivity index (χ1) is 17.2. The highest BCUT2D eigenvalue weighted by Crippen LogP contribution is 2.32. The van der Waals surface area contributed by atoms with Crippen molar-refractivity contribution in [2.45, 2.75) is 111 Å². The summed E-state index contributed by atoms with van der Waals surface area (Å²) >= 11 is 0. The first-order valence-electron chi connectivity index (χ1n) is 13.3. The number of nitrogens with zero attached hydrogens (tertiary/aromatic N) is 3. The average Bonchev–Trinajstić information content (AvgIpc) is 3.24. The van der Waals surface area contributed by atoms with Gasteiger partial charge in [-0.05, 0) is 92.9 Å². The van der Waals surface area contributed by atoms with E-state index in [1.54, 1.807) is 60.9 Å². The zero-order valence-electron chi connectivity index (χ0n) is 23.8. The topological polar surface area (TPSA) is 100.0 Å². The lowest BCUT2D eigenvalue weighted by Gasteiger charge is -2.28. The summed E-state index contributed by atoms with van der Waals surface area (Å²) < 4.78 is 18.2. The van der Waals surface area contributed by atoms with Gasteiger partial charge < -0.3 is 18.8 Å². The molecule has 2 amide bonds. The molecule has 0 aromatic carbocycles. The van der Waals surface area contributed by atoms with Crippen molar-refractivity contribution in [3.8, 4) is 0 Å². The van der Waals surface area contributed by atoms with Crippen molar-refractivity contribution in [1.82, 2.24) is 14.5 Å². The van der Waals surface area contributed by atoms with E-state index in [1.807, 2.05) is 6.20 Å². The highest BCUT2D eigenvalue weighted by molar-refractivity contribution is 6.15. The van der Waals surface area contributed by atoms with Crippen LogP contribution in [0.5, 0.6) is 0 Å². The molecule has 1 aliphatic rings. The second-order valence-corrected chi connectivity index (χ2v) is 11.7. The van der Waals surface area contributed by atoms with Gasteiger partial charge in [-0.3, -0.25) is 0 Å². The Morgan fingerprint density at radius 2 is 1.59 bits per heavy atom. The number of esters is 1. The van der Waals surface area contributed by atoms with Crippen LogP contribution in [-0.2, 0) is 19.0 Å². The number of amides is 2. The summed E-state index contributed by atoms with van der Waals surface area (Å²) in [6, 6.07) is 0.386. The van der Waals surface area contributed by atoms with Gasteiger partial charge in [0, 0.05) is 18.8 Å². The van der Waals surface area contributed by atoms with E-state index in [4.69, 9.17) is 14.2 Å². The number of carbonyl (C=O) groups excluding carboxylic acids is 3. The molecule has 2 rings (SSSR count). The van der Waals surface area contributed by atoms with Crippen molar-refractivity contribution in [2.24, 2.45) is 5.92 Å². The SMILES string of the molecule is CCOC(=O)/C(=C\CCCN(C(=O)OC(C)(C)C)C(=O)OC(C)(C)C)c1cn([C@H]2CC[C@H](C)CC2)cn1. The lowest BCUT2D eigenvalue weighted by atomic mass is 9.87. The van der Waals surface area contributed by atoms with Gasteiger partial charge in [-0.2, -0.15) is 0 Å². The van der Waals surface area contributed by atoms with Crippen molar-refractivity contribution in [2.75, 3.05) is 13.2 Å². The number of ether oxygens (including phenoxy) is 3. The van der Waals surface area contributed by atoms with Crippen LogP contribution in [0.4, 0.5) is 9.59 Å². The molecule has 1 aliphatic carbocycles. The summed E-state index contributed by atoms with van der Waals surface area (Å²) in [6.45, 7) is 14.8. The maximum absolute atomic E-state index is 12.7. The smallest absolute Gasteiger partial charge is 0.419 e. The molecule has 0 N–H and O–H groups in total. The van der Waals surface area contributed by atoms with Crippen molar-refractivity contribution in [3.63, 3.8) is 0 Å². The highest BCUT2D eigenvalue weighted by atomic mass is 16.6. The van der Waals surface area contributed by atoms with E-state index in [0.717, 1.165) is 23.7 Å². The maximum Gasteiger partial charge on any atom is 0.419 e. The lowest BCUT2D eigenvalue weighted by Crippen LogP contribution is -2.44. The van der Waals surface area contributed by atoms with Crippen LogP contribution in [0.2, 0.25) is 0 Å². The van der Waals surface area contributed by atoms with Gasteiger partial charge in [-0.1, -0.05) is 13.0 Å². The first-order valence-corrected chi connectivity index (χ1v) is 13.3. The third-order valence-electron chi connectivity index (χ3n) is 5.94. The number of allylic oxidation sites excluding steroid dienone is 1. The summed E-state index contributed by atoms with van der Waals surface area (Å²) in [5.74, 6) is 0.302. The molecule has 1 aromatic rings. The number of hydrogen-bond acceptors (Lipinski definition) is 7. The number of aromatic nitrogens is 2. The minimum atomic E-state index is -0.767. The maximum atomic E-state index is 12.7. The Kier molecular flexibility index (Phi) is 10.8. The largest absolute Gasteiger partial charge is 0.462 e. The molecular formula is C28H45N3O6. The van der Waals surface area contributed by atoms with Crippen LogP contribution in [0.1, 0.15) is 106 Å². The molecule has 0 radical (unpaired) electrons. The molecule has 37 heavy (non-hydrogen) atoms. The molecule has 208 valence electrons. The van der Waals surface area contributed by atoms with Gasteiger partial charge in [0.1, 0.15) is 11.2 Å². The van der Waals surface area contributed by atoms with E-state index in [0.29, 0.717) is 30.2 Å². The quantitative estimate of drug-likeness (QED) is 0.166. The van der Waals surface area contributed by atoms with Crippen LogP contribution in [0.3, 0.4) is 0 Å². The number of imide groups is 1. The average molecular weight is 520 g/mol. The normalized spacial score (nSPS) is 18.8. The molecule has 1 heterocycles. The van der Waals surface area contributed by atoms with Crippen molar-refractivity contribution >= 4 is 23.7 Å². The second kappa shape index (κ2) is 13.1. The van der Waals surface area contributed by atoms with Gasteiger partial charge in [0.05, 0.1) is 24.2 Å². The summed E-state index contributed by atoms with van der Waals surface area (Å²) in [7, 11) is 0. The Hall–Kier alpha value is -2.84. The van der Waals surface area contributed by atoms with Gasteiger partial charge in [-0.25, -0.2) is 24.3 Å². The molecule has 0 atom stereocenters. The first kappa shape index (κ1) is 30.4. The summed E-state index contributed by atoms with van der Waals surface area (Å²) in [5.41, 5.74) is -0.577. The minimum Gasteiger partial charge on any atom is -0.462 e. The molecule has 1 aromatic heterocycles. The molecule has 0 bridgehead atoms. The van der Waals surface area contributed by atoms with Crippen LogP contribution in [-0.4, -0.2) is 57.0 Å². The zero-order valence-corrected chi connectivity index (χ0v) is 23.8. The Bertz CT molecular complexity index is 918. The second-order valence-electron chi connectivity index (χ2n) is 11.7. The highest BCUT2D eigenvalue weighted by Gasteiger charge is 2.31. The molecule has 1 fully saturated rings. The molecule has 0 saturated heterocycles. The fourth-order valence-electron chi connectivity index (χ4n) is 4.10. The van der Waals surface area contributed by atoms with Crippen LogP contribution >= 0.6 is 0 Å². The van der Waals surface area contributed by atoms with Gasteiger partial charge >= 0.3 is 18.2 Å². The molecule has 0 spiro atoms. The third kappa shape index (κ3) is 10.2. The Labute approximate surface area is 221 Å². The number of rotatable bonds is 8. The molecule has 1 saturated carbocycles. The molecule has 9 nitrogen and oxygen atoms in total. The van der Waals surface area contributed by atoms with Gasteiger partial charge in [0.2, 0.25) is 0 Å². The van der Waals surface area contributed by atoms with Crippen molar-refractivity contribution < 1.29 is 28.6 Å². The zero-order chi connectivity index (χ0) is 27.8. The number of imidazole rings is 1. The predicted octanol–water partition coefficient (Wildman–Crippen LogP) is 6.53. The van der Waals surface area contributed by atoms with Crippen LogP contribution in [0.15, 0.2) is 18.6 Å². The van der Waals surface area contributed by atoms with Crippen molar-refractivity contribution in [3.05, 3.63) is 24.3 Å². The van der Waals surface area contributed by atoms with Crippen LogP contribution in [0, 0.1) is 5.92 Å². The fraction of sp³-hybridized carbons (Fsp3) is 0.714. The molecular weight excluding hydrogens is 474 g/mol. The van der Waals surface area contributed by atoms with Crippen LogP contribution < -0.4 is 0 Å². The van der Waals surface area contributed by atoms with Crippen molar-refractivity contribution in [1.29, 1.82) is 0 Å². The van der Waals surface area contributed by atoms with E-state index in [-0.39, 0.29) is 13.2 Å². The van der Waals surface area contributed by atoms with Gasteiger partial charge in [0.15, 0.2) is 0 Å². The third-order valence-corrected chi connectivity index (χ3v) is 5.94. The standard InChI is InChI=1S/C28H45N3O6/c1-9-35-24(32)22(23-18-30(19-29-23)21-15-13-20(2)14-16-21)12-10-11-17-31(25(33)36-27(3,4)5)26(34)37-28(6,7)8/h12,18-21H,9-11,13-17H2,1-8H3/b22-12-/t20-,21-. The Morgan fingerprint density at radius 3 is 2.11 bits per heavy atom. The number of carbonyl (C=O) groups is 3. The van der Waals surface area contributed by atoms with E-state index >= 15 is 0 Å². The Balaban J connectivity index is 2.14. The number of unbranched alkanes of at least 4 members (excludes halogenated alkanes) is 1. The monoisotopic (exact) mass is 519 g/mol. The lowest BCUT2D eigenvalue weighted by molar-refractivity contribution is -0.136. The fourth-order valence-corrected chi connectivity index (χ4v) is 4.10. The minimum absolute atomic E-state index is 0.0745. The molecule has 9 heteroatoms. The summed E-state index contributed by atoms with van der Waals surface area (Å²) in [5, 5.41) is 0. The predicted molar refractivity (Wildman–Crippen MR) is 142 cm³/mol. The van der Waals surface area contributed by atoms with E-state index in [9.17, 15) is 14.4 Å². The van der Waals surface area contributed by atoms with Gasteiger partial charge in [-0.15, -0.1) is 0 Å². The number of hydrogen-bond donors (Lipinski definition) is 0. The summed E-state index contributed by atoms with van der Waals surface area (Å²) in [4.78, 5) is 43.6. The Morgan fingerprint density at radius 1 is 1.03 bits per heavy atom. The molecule has 0 unspecified atom stereocenters. The summed E-state index contributed by atoms with van der Waals surface area (Å²) in [6.07, 6.45) is 9.32. The van der Waals surface area contributed by atoms with E-state index in [1.165, 1.54) is 12.8 Å².